The number of benzene rings is 1. The van der Waals surface area contributed by atoms with Gasteiger partial charge in [-0.3, -0.25) is 9.59 Å². The Hall–Kier alpha value is -3.09. The molecule has 0 saturated carbocycles. The number of methoxy groups -OCH3 is 1. The Kier molecular flexibility index (Phi) is 5.64. The lowest BCUT2D eigenvalue weighted by Gasteiger charge is -2.35. The second-order valence-electron chi connectivity index (χ2n) is 7.49. The number of anilines is 1. The molecule has 1 saturated heterocycles. The topological polar surface area (TPSA) is 78.5 Å². The number of hydrogen-bond acceptors (Lipinski definition) is 5. The molecular weight excluding hydrogens is 368 g/mol. The molecule has 0 radical (unpaired) electrons. The number of carbonyl (C=O) groups is 1. The SMILES string of the molecule is COc1ccccc1C1=CCN(C(=O)C2CCN(c3cc(=O)[nH]cn3)CC2)CC1. The summed E-state index contributed by atoms with van der Waals surface area (Å²) in [5, 5.41) is 0. The van der Waals surface area contributed by atoms with E-state index in [2.05, 4.69) is 27.0 Å². The van der Waals surface area contributed by atoms with Crippen LogP contribution in [0, 0.1) is 5.92 Å². The largest absolute Gasteiger partial charge is 0.496 e. The third-order valence-corrected chi connectivity index (χ3v) is 5.81. The zero-order chi connectivity index (χ0) is 20.2. The van der Waals surface area contributed by atoms with E-state index in [-0.39, 0.29) is 17.4 Å². The number of carbonyl (C=O) groups excluding carboxylic acids is 1. The van der Waals surface area contributed by atoms with Crippen molar-refractivity contribution in [2.75, 3.05) is 38.2 Å². The van der Waals surface area contributed by atoms with Gasteiger partial charge in [-0.2, -0.15) is 0 Å². The zero-order valence-electron chi connectivity index (χ0n) is 16.6. The Morgan fingerprint density at radius 1 is 1.21 bits per heavy atom. The summed E-state index contributed by atoms with van der Waals surface area (Å²) in [5.41, 5.74) is 2.20. The van der Waals surface area contributed by atoms with Crippen LogP contribution in [0.2, 0.25) is 0 Å². The highest BCUT2D eigenvalue weighted by atomic mass is 16.5. The normalized spacial score (nSPS) is 17.8. The van der Waals surface area contributed by atoms with E-state index in [0.717, 1.165) is 50.2 Å². The quantitative estimate of drug-likeness (QED) is 0.861. The number of amides is 1. The number of H-pyrrole nitrogens is 1. The zero-order valence-corrected chi connectivity index (χ0v) is 16.6. The molecule has 0 aliphatic carbocycles. The fourth-order valence-electron chi connectivity index (χ4n) is 4.17. The van der Waals surface area contributed by atoms with Crippen molar-refractivity contribution in [2.24, 2.45) is 5.92 Å². The summed E-state index contributed by atoms with van der Waals surface area (Å²) >= 11 is 0. The van der Waals surface area contributed by atoms with E-state index in [1.54, 1.807) is 7.11 Å². The van der Waals surface area contributed by atoms with Crippen molar-refractivity contribution in [2.45, 2.75) is 19.3 Å². The van der Waals surface area contributed by atoms with Gasteiger partial charge < -0.3 is 19.5 Å². The number of aromatic amines is 1. The van der Waals surface area contributed by atoms with Gasteiger partial charge >= 0.3 is 0 Å². The van der Waals surface area contributed by atoms with Crippen LogP contribution < -0.4 is 15.2 Å². The predicted molar refractivity (Wildman–Crippen MR) is 112 cm³/mol. The average Bonchev–Trinajstić information content (AvgIpc) is 2.79. The molecule has 29 heavy (non-hydrogen) atoms. The van der Waals surface area contributed by atoms with Crippen LogP contribution in [0.1, 0.15) is 24.8 Å². The van der Waals surface area contributed by atoms with Crippen LogP contribution in [0.25, 0.3) is 5.57 Å². The summed E-state index contributed by atoms with van der Waals surface area (Å²) in [4.78, 5) is 35.3. The Labute approximate surface area is 170 Å². The molecule has 1 aromatic carbocycles. The Balaban J connectivity index is 1.35. The van der Waals surface area contributed by atoms with E-state index in [1.807, 2.05) is 23.1 Å². The highest BCUT2D eigenvalue weighted by molar-refractivity contribution is 5.81. The van der Waals surface area contributed by atoms with Gasteiger partial charge in [0.1, 0.15) is 11.6 Å². The third kappa shape index (κ3) is 4.18. The Bertz CT molecular complexity index is 960. The van der Waals surface area contributed by atoms with E-state index >= 15 is 0 Å². The lowest BCUT2D eigenvalue weighted by atomic mass is 9.93. The van der Waals surface area contributed by atoms with Crippen LogP contribution in [0.4, 0.5) is 5.82 Å². The first-order chi connectivity index (χ1) is 14.2. The van der Waals surface area contributed by atoms with Gasteiger partial charge in [0.2, 0.25) is 5.91 Å². The smallest absolute Gasteiger partial charge is 0.252 e. The van der Waals surface area contributed by atoms with E-state index < -0.39 is 0 Å². The van der Waals surface area contributed by atoms with Crippen LogP contribution in [0.3, 0.4) is 0 Å². The fraction of sp³-hybridized carbons (Fsp3) is 0.409. The summed E-state index contributed by atoms with van der Waals surface area (Å²) in [6.45, 7) is 2.85. The summed E-state index contributed by atoms with van der Waals surface area (Å²) in [5.74, 6) is 1.83. The molecule has 7 heteroatoms. The lowest BCUT2D eigenvalue weighted by molar-refractivity contribution is -0.135. The molecule has 152 valence electrons. The number of piperidine rings is 1. The standard InChI is InChI=1S/C22H26N4O3/c1-29-19-5-3-2-4-18(19)16-6-12-26(13-7-16)22(28)17-8-10-25(11-9-17)20-14-21(27)24-15-23-20/h2-6,14-15,17H,7-13H2,1H3,(H,23,24,27). The number of rotatable bonds is 4. The average molecular weight is 394 g/mol. The maximum absolute atomic E-state index is 13.0. The van der Waals surface area contributed by atoms with Crippen molar-refractivity contribution in [3.63, 3.8) is 0 Å². The molecule has 0 atom stereocenters. The Morgan fingerprint density at radius 3 is 2.69 bits per heavy atom. The molecule has 0 spiro atoms. The van der Waals surface area contributed by atoms with Crippen LogP contribution in [-0.4, -0.2) is 54.1 Å². The maximum atomic E-state index is 13.0. The van der Waals surface area contributed by atoms with Gasteiger partial charge in [-0.15, -0.1) is 0 Å². The Morgan fingerprint density at radius 2 is 2.00 bits per heavy atom. The van der Waals surface area contributed by atoms with Gasteiger partial charge in [0.05, 0.1) is 13.4 Å². The van der Waals surface area contributed by atoms with Crippen LogP contribution >= 0.6 is 0 Å². The van der Waals surface area contributed by atoms with Crippen molar-refractivity contribution in [3.8, 4) is 5.75 Å². The van der Waals surface area contributed by atoms with Crippen molar-refractivity contribution in [1.29, 1.82) is 0 Å². The molecule has 2 aromatic rings. The van der Waals surface area contributed by atoms with Gasteiger partial charge in [0.15, 0.2) is 0 Å². The minimum absolute atomic E-state index is 0.0365. The lowest BCUT2D eigenvalue weighted by Crippen LogP contribution is -2.44. The number of hydrogen-bond donors (Lipinski definition) is 1. The third-order valence-electron chi connectivity index (χ3n) is 5.81. The van der Waals surface area contributed by atoms with Crippen LogP contribution in [0.5, 0.6) is 5.75 Å². The molecule has 1 amide bonds. The van der Waals surface area contributed by atoms with Gasteiger partial charge in [0, 0.05) is 43.7 Å². The molecule has 1 N–H and O–H groups in total. The summed E-state index contributed by atoms with van der Waals surface area (Å²) < 4.78 is 5.47. The number of nitrogens with one attached hydrogen (secondary N) is 1. The molecule has 4 rings (SSSR count). The van der Waals surface area contributed by atoms with E-state index in [4.69, 9.17) is 4.74 Å². The second kappa shape index (κ2) is 8.51. The first kappa shape index (κ1) is 19.2. The van der Waals surface area contributed by atoms with Gasteiger partial charge in [-0.25, -0.2) is 4.98 Å². The van der Waals surface area contributed by atoms with E-state index in [9.17, 15) is 9.59 Å². The molecule has 1 aromatic heterocycles. The monoisotopic (exact) mass is 394 g/mol. The first-order valence-corrected chi connectivity index (χ1v) is 10.1. The highest BCUT2D eigenvalue weighted by Crippen LogP contribution is 2.31. The van der Waals surface area contributed by atoms with Crippen molar-refractivity contribution in [3.05, 3.63) is 58.7 Å². The molecule has 3 heterocycles. The minimum Gasteiger partial charge on any atom is -0.496 e. The summed E-state index contributed by atoms with van der Waals surface area (Å²) in [6, 6.07) is 9.53. The molecule has 2 aliphatic rings. The van der Waals surface area contributed by atoms with E-state index in [0.29, 0.717) is 12.4 Å². The summed E-state index contributed by atoms with van der Waals surface area (Å²) in [6.07, 6.45) is 5.98. The molecule has 2 aliphatic heterocycles. The number of aromatic nitrogens is 2. The van der Waals surface area contributed by atoms with Crippen molar-refractivity contribution in [1.82, 2.24) is 14.9 Å². The molecule has 1 fully saturated rings. The molecule has 7 nitrogen and oxygen atoms in total. The second-order valence-corrected chi connectivity index (χ2v) is 7.49. The van der Waals surface area contributed by atoms with E-state index in [1.165, 1.54) is 18.0 Å². The van der Waals surface area contributed by atoms with Gasteiger partial charge in [0.25, 0.3) is 5.56 Å². The number of ether oxygens (including phenoxy) is 1. The first-order valence-electron chi connectivity index (χ1n) is 10.1. The fourth-order valence-corrected chi connectivity index (χ4v) is 4.17. The van der Waals surface area contributed by atoms with Gasteiger partial charge in [-0.1, -0.05) is 24.3 Å². The highest BCUT2D eigenvalue weighted by Gasteiger charge is 2.30. The van der Waals surface area contributed by atoms with Gasteiger partial charge in [-0.05, 0) is 30.9 Å². The van der Waals surface area contributed by atoms with Crippen LogP contribution in [-0.2, 0) is 4.79 Å². The maximum Gasteiger partial charge on any atom is 0.252 e. The number of nitrogens with zero attached hydrogens (tertiary/aromatic N) is 3. The summed E-state index contributed by atoms with van der Waals surface area (Å²) in [7, 11) is 1.69. The number of para-hydroxylation sites is 1. The molecular formula is C22H26N4O3. The van der Waals surface area contributed by atoms with Crippen LogP contribution in [0.15, 0.2) is 47.5 Å². The molecule has 0 unspecified atom stereocenters. The molecule has 0 bridgehead atoms. The minimum atomic E-state index is -0.154. The predicted octanol–water partition coefficient (Wildman–Crippen LogP) is 2.31. The van der Waals surface area contributed by atoms with Crippen molar-refractivity contribution >= 4 is 17.3 Å². The van der Waals surface area contributed by atoms with Crippen molar-refractivity contribution < 1.29 is 9.53 Å².